The summed E-state index contributed by atoms with van der Waals surface area (Å²) in [6.07, 6.45) is 7.58. The van der Waals surface area contributed by atoms with Crippen LogP contribution < -0.4 is 0 Å². The Kier molecular flexibility index (Phi) is 3.58. The summed E-state index contributed by atoms with van der Waals surface area (Å²) in [4.78, 5) is 0. The van der Waals surface area contributed by atoms with E-state index >= 15 is 0 Å². The van der Waals surface area contributed by atoms with E-state index in [2.05, 4.69) is 73.6 Å². The molecule has 3 aliphatic rings. The number of fused-ring (bicyclic) bond motifs is 1. The fourth-order valence-electron chi connectivity index (χ4n) is 3.69. The first-order valence-corrected chi connectivity index (χ1v) is 8.55. The fourth-order valence-corrected chi connectivity index (χ4v) is 3.69. The zero-order valence-corrected chi connectivity index (χ0v) is 15.7. The molecule has 0 aromatic carbocycles. The minimum atomic E-state index is -0.320. The molecule has 0 aromatic rings. The summed E-state index contributed by atoms with van der Waals surface area (Å²) in [5, 5.41) is 0. The zero-order chi connectivity index (χ0) is 17.3. The number of ether oxygens (including phenoxy) is 1. The second kappa shape index (κ2) is 4.84. The summed E-state index contributed by atoms with van der Waals surface area (Å²) in [7, 11) is -0.320. The van der Waals surface area contributed by atoms with Gasteiger partial charge in [0.1, 0.15) is 0 Å². The van der Waals surface area contributed by atoms with Crippen LogP contribution in [0.1, 0.15) is 61.8 Å². The number of rotatable bonds is 1. The maximum absolute atomic E-state index is 6.29. The lowest BCUT2D eigenvalue weighted by molar-refractivity contribution is -0.0457. The van der Waals surface area contributed by atoms with Gasteiger partial charge in [-0.3, -0.25) is 0 Å². The molecule has 126 valence electrons. The van der Waals surface area contributed by atoms with Gasteiger partial charge >= 0.3 is 7.12 Å². The molecule has 4 heteroatoms. The van der Waals surface area contributed by atoms with Crippen molar-refractivity contribution in [1.82, 2.24) is 0 Å². The van der Waals surface area contributed by atoms with Crippen molar-refractivity contribution < 1.29 is 14.0 Å². The quantitative estimate of drug-likeness (QED) is 0.672. The molecule has 3 rings (SSSR count). The van der Waals surface area contributed by atoms with Crippen LogP contribution in [-0.4, -0.2) is 29.5 Å². The van der Waals surface area contributed by atoms with E-state index in [4.69, 9.17) is 14.0 Å². The van der Waals surface area contributed by atoms with Gasteiger partial charge in [0, 0.05) is 0 Å². The van der Waals surface area contributed by atoms with Crippen LogP contribution in [0.4, 0.5) is 0 Å². The van der Waals surface area contributed by atoms with Crippen molar-refractivity contribution in [3.63, 3.8) is 0 Å². The first kappa shape index (κ1) is 17.0. The van der Waals surface area contributed by atoms with Gasteiger partial charge in [0.2, 0.25) is 0 Å². The van der Waals surface area contributed by atoms with E-state index < -0.39 is 0 Å². The SMILES string of the molecule is CC1(C)OC(C)(C)C2=CC(B3OC(C)(C)C(C)(C)O3)=CCC=C21. The number of hydrogen-bond acceptors (Lipinski definition) is 3. The lowest BCUT2D eigenvalue weighted by Gasteiger charge is -2.32. The van der Waals surface area contributed by atoms with Crippen molar-refractivity contribution in [3.8, 4) is 0 Å². The van der Waals surface area contributed by atoms with Crippen molar-refractivity contribution >= 4 is 7.12 Å². The Hall–Kier alpha value is -0.835. The van der Waals surface area contributed by atoms with Crippen molar-refractivity contribution in [2.75, 3.05) is 0 Å². The summed E-state index contributed by atoms with van der Waals surface area (Å²) in [5.74, 6) is 0. The van der Waals surface area contributed by atoms with Crippen molar-refractivity contribution in [2.24, 2.45) is 0 Å². The second-order valence-corrected chi connectivity index (χ2v) is 8.83. The molecular weight excluding hydrogens is 287 g/mol. The van der Waals surface area contributed by atoms with E-state index in [1.165, 1.54) is 11.1 Å². The van der Waals surface area contributed by atoms with Gasteiger partial charge in [0.25, 0.3) is 0 Å². The molecule has 1 aliphatic carbocycles. The standard InChI is InChI=1S/C19H29BO3/c1-16(2)14-11-9-10-13(12-15(14)17(3,4)21-16)20-22-18(5,6)19(7,8)23-20/h10-12H,9H2,1-8H3. The van der Waals surface area contributed by atoms with Gasteiger partial charge in [-0.2, -0.15) is 0 Å². The molecule has 2 heterocycles. The number of hydrogen-bond donors (Lipinski definition) is 0. The molecule has 0 amide bonds. The van der Waals surface area contributed by atoms with Gasteiger partial charge in [-0.1, -0.05) is 18.2 Å². The molecule has 0 spiro atoms. The molecule has 3 nitrogen and oxygen atoms in total. The predicted molar refractivity (Wildman–Crippen MR) is 94.2 cm³/mol. The summed E-state index contributed by atoms with van der Waals surface area (Å²) in [5.41, 5.74) is 2.42. The maximum Gasteiger partial charge on any atom is 0.494 e. The number of allylic oxidation sites excluding steroid dienone is 4. The normalized spacial score (nSPS) is 30.3. The fraction of sp³-hybridized carbons (Fsp3) is 0.684. The second-order valence-electron chi connectivity index (χ2n) is 8.83. The van der Waals surface area contributed by atoms with Gasteiger partial charge < -0.3 is 14.0 Å². The van der Waals surface area contributed by atoms with E-state index in [0.29, 0.717) is 0 Å². The zero-order valence-electron chi connectivity index (χ0n) is 15.7. The van der Waals surface area contributed by atoms with E-state index in [-0.39, 0.29) is 29.5 Å². The molecular formula is C19H29BO3. The molecule has 2 fully saturated rings. The first-order chi connectivity index (χ1) is 10.4. The largest absolute Gasteiger partial charge is 0.494 e. The Bertz CT molecular complexity index is 605. The van der Waals surface area contributed by atoms with E-state index in [0.717, 1.165) is 11.9 Å². The van der Waals surface area contributed by atoms with Gasteiger partial charge in [-0.25, -0.2) is 0 Å². The van der Waals surface area contributed by atoms with Crippen LogP contribution in [0.5, 0.6) is 0 Å². The highest BCUT2D eigenvalue weighted by Gasteiger charge is 2.53. The molecule has 2 aliphatic heterocycles. The van der Waals surface area contributed by atoms with Crippen LogP contribution in [0.2, 0.25) is 0 Å². The Morgan fingerprint density at radius 1 is 0.783 bits per heavy atom. The van der Waals surface area contributed by atoms with Gasteiger partial charge in [0.05, 0.1) is 22.4 Å². The molecule has 0 aromatic heterocycles. The highest BCUT2D eigenvalue weighted by atomic mass is 16.7. The molecule has 0 N–H and O–H groups in total. The minimum Gasteiger partial charge on any atom is -0.399 e. The van der Waals surface area contributed by atoms with E-state index in [1.807, 2.05) is 0 Å². The highest BCUT2D eigenvalue weighted by Crippen LogP contribution is 2.48. The Labute approximate surface area is 140 Å². The van der Waals surface area contributed by atoms with Crippen molar-refractivity contribution in [3.05, 3.63) is 34.8 Å². The van der Waals surface area contributed by atoms with Crippen molar-refractivity contribution in [1.29, 1.82) is 0 Å². The monoisotopic (exact) mass is 316 g/mol. The lowest BCUT2D eigenvalue weighted by atomic mass is 9.75. The summed E-state index contributed by atoms with van der Waals surface area (Å²) >= 11 is 0. The van der Waals surface area contributed by atoms with Crippen LogP contribution in [0.3, 0.4) is 0 Å². The van der Waals surface area contributed by atoms with Gasteiger partial charge in [-0.05, 0) is 78.4 Å². The highest BCUT2D eigenvalue weighted by molar-refractivity contribution is 6.55. The van der Waals surface area contributed by atoms with E-state index in [1.54, 1.807) is 0 Å². The average Bonchev–Trinajstić information content (AvgIpc) is 2.63. The predicted octanol–water partition coefficient (Wildman–Crippen LogP) is 4.39. The van der Waals surface area contributed by atoms with Crippen molar-refractivity contribution in [2.45, 2.75) is 84.2 Å². The molecule has 0 saturated carbocycles. The van der Waals surface area contributed by atoms with Crippen LogP contribution in [0.25, 0.3) is 0 Å². The Morgan fingerprint density at radius 2 is 1.30 bits per heavy atom. The van der Waals surface area contributed by atoms with E-state index in [9.17, 15) is 0 Å². The molecule has 0 bridgehead atoms. The van der Waals surface area contributed by atoms with Gasteiger partial charge in [-0.15, -0.1) is 0 Å². The lowest BCUT2D eigenvalue weighted by Crippen LogP contribution is -2.41. The molecule has 2 saturated heterocycles. The smallest absolute Gasteiger partial charge is 0.399 e. The first-order valence-electron chi connectivity index (χ1n) is 8.55. The summed E-state index contributed by atoms with van der Waals surface area (Å²) in [6.45, 7) is 16.9. The van der Waals surface area contributed by atoms with Crippen LogP contribution >= 0.6 is 0 Å². The maximum atomic E-state index is 6.29. The van der Waals surface area contributed by atoms with Crippen LogP contribution in [0.15, 0.2) is 34.8 Å². The van der Waals surface area contributed by atoms with Crippen LogP contribution in [0, 0.1) is 0 Å². The third-order valence-corrected chi connectivity index (χ3v) is 5.61. The van der Waals surface area contributed by atoms with Crippen LogP contribution in [-0.2, 0) is 14.0 Å². The topological polar surface area (TPSA) is 27.7 Å². The molecule has 0 unspecified atom stereocenters. The summed E-state index contributed by atoms with van der Waals surface area (Å²) < 4.78 is 18.7. The molecule has 0 radical (unpaired) electrons. The minimum absolute atomic E-state index is 0.255. The Morgan fingerprint density at radius 3 is 1.87 bits per heavy atom. The van der Waals surface area contributed by atoms with Gasteiger partial charge in [0.15, 0.2) is 0 Å². The molecule has 0 atom stereocenters. The average molecular weight is 316 g/mol. The summed E-state index contributed by atoms with van der Waals surface area (Å²) in [6, 6.07) is 0. The third kappa shape index (κ3) is 2.65. The molecule has 23 heavy (non-hydrogen) atoms. The Balaban J connectivity index is 1.96. The third-order valence-electron chi connectivity index (χ3n) is 5.61.